The normalized spacial score (nSPS) is 36.8. The van der Waals surface area contributed by atoms with Gasteiger partial charge in [0.15, 0.2) is 0 Å². The summed E-state index contributed by atoms with van der Waals surface area (Å²) in [5.74, 6) is 1.65. The molecule has 0 heterocycles. The van der Waals surface area contributed by atoms with E-state index >= 15 is 0 Å². The Morgan fingerprint density at radius 1 is 1.45 bits per heavy atom. The fraction of sp³-hybridized carbons (Fsp3) is 1.00. The van der Waals surface area contributed by atoms with E-state index in [1.165, 1.54) is 0 Å². The van der Waals surface area contributed by atoms with Gasteiger partial charge in [-0.05, 0) is 24.7 Å². The summed E-state index contributed by atoms with van der Waals surface area (Å²) in [4.78, 5) is 0. The van der Waals surface area contributed by atoms with Crippen molar-refractivity contribution in [3.05, 3.63) is 0 Å². The third-order valence-electron chi connectivity index (χ3n) is 3.18. The number of hydrogen-bond donors (Lipinski definition) is 1. The molecule has 0 saturated heterocycles. The Morgan fingerprint density at radius 3 is 2.27 bits per heavy atom. The van der Waals surface area contributed by atoms with Crippen LogP contribution in [0.1, 0.15) is 27.2 Å². The molecule has 0 unspecified atom stereocenters. The van der Waals surface area contributed by atoms with Crippen LogP contribution in [-0.2, 0) is 0 Å². The molecular formula is C9H19ClN+. The largest absolute Gasteiger partial charge is 0.357 e. The van der Waals surface area contributed by atoms with Crippen LogP contribution in [-0.4, -0.2) is 11.9 Å². The quantitative estimate of drug-likeness (QED) is 0.632. The fourth-order valence-electron chi connectivity index (χ4n) is 2.25. The minimum absolute atomic E-state index is 0.329. The molecule has 0 radical (unpaired) electrons. The standard InChI is InChI=1S/C9H18ClN/c1-6(10)4-7-8(5-11)9(7,2)3/h6-8H,4-5,11H2,1-3H3/p+1/t6-,7-,8-/m0/s1. The molecule has 1 fully saturated rings. The van der Waals surface area contributed by atoms with E-state index in [0.29, 0.717) is 10.8 Å². The lowest BCUT2D eigenvalue weighted by Gasteiger charge is -2.02. The molecule has 66 valence electrons. The van der Waals surface area contributed by atoms with E-state index < -0.39 is 0 Å². The Balaban J connectivity index is 2.39. The second-order valence-electron chi connectivity index (χ2n) is 4.34. The Bertz CT molecular complexity index is 142. The molecule has 2 heteroatoms. The summed E-state index contributed by atoms with van der Waals surface area (Å²) in [6, 6.07) is 0. The summed E-state index contributed by atoms with van der Waals surface area (Å²) in [6.07, 6.45) is 1.16. The zero-order valence-corrected chi connectivity index (χ0v) is 8.49. The third-order valence-corrected chi connectivity index (χ3v) is 3.36. The van der Waals surface area contributed by atoms with E-state index in [-0.39, 0.29) is 0 Å². The maximum Gasteiger partial charge on any atom is 0.0776 e. The fourth-order valence-corrected chi connectivity index (χ4v) is 2.44. The van der Waals surface area contributed by atoms with E-state index in [1.54, 1.807) is 0 Å². The molecule has 1 rings (SSSR count). The lowest BCUT2D eigenvalue weighted by molar-refractivity contribution is -0.374. The maximum atomic E-state index is 5.94. The number of quaternary nitrogens is 1. The lowest BCUT2D eigenvalue weighted by Crippen LogP contribution is -2.52. The van der Waals surface area contributed by atoms with Gasteiger partial charge >= 0.3 is 0 Å². The van der Waals surface area contributed by atoms with Gasteiger partial charge in [-0.25, -0.2) is 0 Å². The summed E-state index contributed by atoms with van der Waals surface area (Å²) in [5, 5.41) is 0.329. The van der Waals surface area contributed by atoms with Crippen molar-refractivity contribution >= 4 is 11.6 Å². The summed E-state index contributed by atoms with van der Waals surface area (Å²) in [6.45, 7) is 7.80. The molecule has 0 aliphatic heterocycles. The van der Waals surface area contributed by atoms with E-state index in [1.807, 2.05) is 0 Å². The first-order valence-corrected chi connectivity index (χ1v) is 4.87. The molecule has 11 heavy (non-hydrogen) atoms. The second kappa shape index (κ2) is 2.95. The van der Waals surface area contributed by atoms with Crippen LogP contribution < -0.4 is 5.73 Å². The number of alkyl halides is 1. The van der Waals surface area contributed by atoms with Crippen LogP contribution in [0, 0.1) is 17.3 Å². The Labute approximate surface area is 74.3 Å². The molecule has 0 aromatic carbocycles. The van der Waals surface area contributed by atoms with Crippen LogP contribution in [0.4, 0.5) is 0 Å². The van der Waals surface area contributed by atoms with Gasteiger partial charge in [0.25, 0.3) is 0 Å². The van der Waals surface area contributed by atoms with Crippen molar-refractivity contribution < 1.29 is 5.73 Å². The highest BCUT2D eigenvalue weighted by molar-refractivity contribution is 6.20. The van der Waals surface area contributed by atoms with Crippen LogP contribution in [0.3, 0.4) is 0 Å². The molecule has 3 atom stereocenters. The van der Waals surface area contributed by atoms with Gasteiger partial charge in [-0.2, -0.15) is 0 Å². The molecule has 1 aliphatic carbocycles. The zero-order valence-electron chi connectivity index (χ0n) is 7.73. The minimum Gasteiger partial charge on any atom is -0.357 e. The minimum atomic E-state index is 0.329. The van der Waals surface area contributed by atoms with Crippen molar-refractivity contribution in [1.29, 1.82) is 0 Å². The van der Waals surface area contributed by atoms with E-state index in [9.17, 15) is 0 Å². The molecule has 0 amide bonds. The van der Waals surface area contributed by atoms with Gasteiger partial charge in [0.2, 0.25) is 0 Å². The maximum absolute atomic E-state index is 5.94. The van der Waals surface area contributed by atoms with Crippen molar-refractivity contribution in [3.8, 4) is 0 Å². The molecular weight excluding hydrogens is 158 g/mol. The van der Waals surface area contributed by atoms with E-state index in [4.69, 9.17) is 11.6 Å². The topological polar surface area (TPSA) is 27.6 Å². The van der Waals surface area contributed by atoms with Gasteiger partial charge in [-0.3, -0.25) is 0 Å². The molecule has 0 aromatic rings. The highest BCUT2D eigenvalue weighted by Gasteiger charge is 2.57. The molecule has 1 nitrogen and oxygen atoms in total. The van der Waals surface area contributed by atoms with Gasteiger partial charge in [0, 0.05) is 11.3 Å². The van der Waals surface area contributed by atoms with Crippen molar-refractivity contribution in [3.63, 3.8) is 0 Å². The van der Waals surface area contributed by atoms with Gasteiger partial charge in [-0.1, -0.05) is 13.8 Å². The average Bonchev–Trinajstić information content (AvgIpc) is 2.33. The van der Waals surface area contributed by atoms with E-state index in [0.717, 1.165) is 24.8 Å². The first kappa shape index (κ1) is 9.34. The summed E-state index contributed by atoms with van der Waals surface area (Å²) < 4.78 is 0. The number of rotatable bonds is 3. The molecule has 0 bridgehead atoms. The number of hydrogen-bond acceptors (Lipinski definition) is 0. The SMILES string of the molecule is C[C@H](Cl)C[C@H]1[C@H](C[NH3+])C1(C)C. The van der Waals surface area contributed by atoms with Crippen LogP contribution >= 0.6 is 11.6 Å². The highest BCUT2D eigenvalue weighted by atomic mass is 35.5. The Hall–Kier alpha value is 0.250. The van der Waals surface area contributed by atoms with Crippen LogP contribution in [0.15, 0.2) is 0 Å². The summed E-state index contributed by atoms with van der Waals surface area (Å²) in [5.41, 5.74) is 4.48. The van der Waals surface area contributed by atoms with Crippen molar-refractivity contribution in [2.24, 2.45) is 17.3 Å². The van der Waals surface area contributed by atoms with Crippen molar-refractivity contribution in [2.45, 2.75) is 32.6 Å². The van der Waals surface area contributed by atoms with Crippen molar-refractivity contribution in [1.82, 2.24) is 0 Å². The molecule has 3 N–H and O–H groups in total. The number of halogens is 1. The van der Waals surface area contributed by atoms with Gasteiger partial charge in [0.1, 0.15) is 0 Å². The molecule has 1 saturated carbocycles. The first-order chi connectivity index (χ1) is 5.00. The third kappa shape index (κ3) is 1.70. The lowest BCUT2D eigenvalue weighted by atomic mass is 10.1. The summed E-state index contributed by atoms with van der Waals surface area (Å²) >= 11 is 5.94. The van der Waals surface area contributed by atoms with Crippen LogP contribution in [0.5, 0.6) is 0 Å². The van der Waals surface area contributed by atoms with Crippen LogP contribution in [0.2, 0.25) is 0 Å². The monoisotopic (exact) mass is 176 g/mol. The average molecular weight is 177 g/mol. The zero-order chi connectivity index (χ0) is 8.65. The van der Waals surface area contributed by atoms with E-state index in [2.05, 4.69) is 26.5 Å². The summed E-state index contributed by atoms with van der Waals surface area (Å²) in [7, 11) is 0. The first-order valence-electron chi connectivity index (χ1n) is 4.43. The van der Waals surface area contributed by atoms with Gasteiger partial charge in [0.05, 0.1) is 6.54 Å². The Kier molecular flexibility index (Phi) is 2.50. The molecule has 1 aliphatic rings. The smallest absolute Gasteiger partial charge is 0.0776 e. The molecule has 0 spiro atoms. The predicted octanol–water partition coefficient (Wildman–Crippen LogP) is 1.52. The van der Waals surface area contributed by atoms with Crippen LogP contribution in [0.25, 0.3) is 0 Å². The Morgan fingerprint density at radius 2 is 2.00 bits per heavy atom. The predicted molar refractivity (Wildman–Crippen MR) is 48.4 cm³/mol. The molecule has 0 aromatic heterocycles. The van der Waals surface area contributed by atoms with Crippen molar-refractivity contribution in [2.75, 3.05) is 6.54 Å². The highest BCUT2D eigenvalue weighted by Crippen LogP contribution is 2.59. The van der Waals surface area contributed by atoms with Gasteiger partial charge in [-0.15, -0.1) is 11.6 Å². The van der Waals surface area contributed by atoms with Gasteiger partial charge < -0.3 is 5.73 Å². The second-order valence-corrected chi connectivity index (χ2v) is 5.08.